The lowest BCUT2D eigenvalue weighted by Gasteiger charge is -2.27. The Morgan fingerprint density at radius 2 is 2.53 bits per heavy atom. The minimum absolute atomic E-state index is 0.183. The molecule has 5 nitrogen and oxygen atoms in total. The summed E-state index contributed by atoms with van der Waals surface area (Å²) in [4.78, 5) is 15.4. The zero-order valence-corrected chi connectivity index (χ0v) is 10.4. The van der Waals surface area contributed by atoms with Gasteiger partial charge < -0.3 is 15.9 Å². The van der Waals surface area contributed by atoms with Crippen LogP contribution in [0.15, 0.2) is 22.1 Å². The highest BCUT2D eigenvalue weighted by molar-refractivity contribution is 7.99. The lowest BCUT2D eigenvalue weighted by Crippen LogP contribution is -2.54. The molecule has 17 heavy (non-hydrogen) atoms. The van der Waals surface area contributed by atoms with Crippen molar-refractivity contribution < 1.29 is 9.21 Å². The molecule has 1 aromatic rings. The molecule has 6 heteroatoms. The lowest BCUT2D eigenvalue weighted by molar-refractivity contribution is -0.124. The van der Waals surface area contributed by atoms with Gasteiger partial charge in [0.1, 0.15) is 6.26 Å². The monoisotopic (exact) mass is 255 g/mol. The predicted octanol–water partition coefficient (Wildman–Crippen LogP) is 1.14. The van der Waals surface area contributed by atoms with Crippen molar-refractivity contribution in [1.29, 1.82) is 0 Å². The molecular formula is C11H17N3O2S. The van der Waals surface area contributed by atoms with Crippen LogP contribution >= 0.6 is 11.8 Å². The Morgan fingerprint density at radius 1 is 1.71 bits per heavy atom. The Balaban J connectivity index is 1.84. The van der Waals surface area contributed by atoms with Crippen LogP contribution in [0.1, 0.15) is 25.7 Å². The third-order valence-corrected chi connectivity index (χ3v) is 4.32. The van der Waals surface area contributed by atoms with E-state index in [0.29, 0.717) is 11.6 Å². The van der Waals surface area contributed by atoms with Crippen molar-refractivity contribution in [3.05, 3.63) is 12.5 Å². The third-order valence-electron chi connectivity index (χ3n) is 3.43. The van der Waals surface area contributed by atoms with Gasteiger partial charge in [-0.25, -0.2) is 4.98 Å². The van der Waals surface area contributed by atoms with E-state index in [9.17, 15) is 4.79 Å². The molecule has 0 bridgehead atoms. The highest BCUT2D eigenvalue weighted by Crippen LogP contribution is 2.37. The van der Waals surface area contributed by atoms with Gasteiger partial charge >= 0.3 is 0 Å². The van der Waals surface area contributed by atoms with Crippen LogP contribution in [-0.4, -0.2) is 22.2 Å². The summed E-state index contributed by atoms with van der Waals surface area (Å²) in [6.07, 6.45) is 6.70. The molecule has 0 radical (unpaired) electrons. The summed E-state index contributed by atoms with van der Waals surface area (Å²) in [5, 5.41) is 0.657. The Kier molecular flexibility index (Phi) is 3.73. The van der Waals surface area contributed by atoms with Gasteiger partial charge in [-0.15, -0.1) is 0 Å². The molecule has 1 aliphatic rings. The lowest BCUT2D eigenvalue weighted by atomic mass is 9.85. The molecule has 0 aromatic carbocycles. The van der Waals surface area contributed by atoms with Gasteiger partial charge in [0, 0.05) is 5.75 Å². The van der Waals surface area contributed by atoms with Gasteiger partial charge in [0.2, 0.25) is 5.91 Å². The molecule has 0 saturated heterocycles. The predicted molar refractivity (Wildman–Crippen MR) is 65.3 cm³/mol. The number of rotatable bonds is 5. The van der Waals surface area contributed by atoms with Gasteiger partial charge in [-0.05, 0) is 25.2 Å². The van der Waals surface area contributed by atoms with Gasteiger partial charge in [-0.1, -0.05) is 18.2 Å². The molecule has 0 spiro atoms. The Hall–Kier alpha value is -1.01. The Morgan fingerprint density at radius 3 is 3.18 bits per heavy atom. The number of nitrogens with zero attached hydrogens (tertiary/aromatic N) is 1. The summed E-state index contributed by atoms with van der Waals surface area (Å²) in [7, 11) is 0. The van der Waals surface area contributed by atoms with E-state index < -0.39 is 5.54 Å². The quantitative estimate of drug-likeness (QED) is 0.769. The molecule has 94 valence electrons. The number of carbonyl (C=O) groups is 1. The minimum atomic E-state index is -0.808. The van der Waals surface area contributed by atoms with E-state index in [-0.39, 0.29) is 11.8 Å². The van der Waals surface area contributed by atoms with Crippen LogP contribution in [0.3, 0.4) is 0 Å². The molecule has 1 aliphatic carbocycles. The molecule has 2 unspecified atom stereocenters. The summed E-state index contributed by atoms with van der Waals surface area (Å²) < 4.78 is 5.13. The number of amides is 1. The van der Waals surface area contributed by atoms with Crippen molar-refractivity contribution in [1.82, 2.24) is 4.98 Å². The first kappa shape index (κ1) is 12.4. The largest absolute Gasteiger partial charge is 0.440 e. The molecule has 1 aromatic heterocycles. The summed E-state index contributed by atoms with van der Waals surface area (Å²) in [5.41, 5.74) is 10.7. The van der Waals surface area contributed by atoms with Crippen LogP contribution in [0.5, 0.6) is 0 Å². The number of hydrogen-bond acceptors (Lipinski definition) is 5. The molecule has 2 rings (SSSR count). The first-order chi connectivity index (χ1) is 8.13. The van der Waals surface area contributed by atoms with Gasteiger partial charge in [0.25, 0.3) is 5.22 Å². The minimum Gasteiger partial charge on any atom is -0.440 e. The second kappa shape index (κ2) is 5.10. The molecule has 1 heterocycles. The van der Waals surface area contributed by atoms with Crippen LogP contribution in [-0.2, 0) is 4.79 Å². The van der Waals surface area contributed by atoms with Crippen molar-refractivity contribution in [2.24, 2.45) is 17.4 Å². The molecule has 4 N–H and O–H groups in total. The molecule has 1 saturated carbocycles. The number of thioether (sulfide) groups is 1. The maximum Gasteiger partial charge on any atom is 0.255 e. The normalized spacial score (nSPS) is 28.4. The van der Waals surface area contributed by atoms with Gasteiger partial charge in [-0.3, -0.25) is 4.79 Å². The van der Waals surface area contributed by atoms with Crippen LogP contribution in [0.2, 0.25) is 0 Å². The van der Waals surface area contributed by atoms with Crippen LogP contribution < -0.4 is 11.5 Å². The number of oxazole rings is 1. The third kappa shape index (κ3) is 2.63. The van der Waals surface area contributed by atoms with Gasteiger partial charge in [0.15, 0.2) is 0 Å². The average molecular weight is 255 g/mol. The van der Waals surface area contributed by atoms with Crippen LogP contribution in [0.25, 0.3) is 0 Å². The van der Waals surface area contributed by atoms with Crippen molar-refractivity contribution >= 4 is 17.7 Å². The van der Waals surface area contributed by atoms with E-state index >= 15 is 0 Å². The fraction of sp³-hybridized carbons (Fsp3) is 0.636. The number of carbonyl (C=O) groups excluding carboxylic acids is 1. The van der Waals surface area contributed by atoms with E-state index in [1.165, 1.54) is 0 Å². The maximum atomic E-state index is 11.4. The van der Waals surface area contributed by atoms with E-state index in [1.54, 1.807) is 24.2 Å². The summed E-state index contributed by atoms with van der Waals surface area (Å²) in [5.74, 6) is 0.654. The smallest absolute Gasteiger partial charge is 0.255 e. The number of nitrogens with two attached hydrogens (primary N) is 2. The molecular weight excluding hydrogens is 238 g/mol. The summed E-state index contributed by atoms with van der Waals surface area (Å²) in [6, 6.07) is 0. The number of primary amides is 1. The van der Waals surface area contributed by atoms with E-state index in [4.69, 9.17) is 15.9 Å². The molecule has 2 atom stereocenters. The van der Waals surface area contributed by atoms with Gasteiger partial charge in [0.05, 0.1) is 11.7 Å². The number of hydrogen-bond donors (Lipinski definition) is 2. The van der Waals surface area contributed by atoms with Crippen molar-refractivity contribution in [2.75, 3.05) is 5.75 Å². The van der Waals surface area contributed by atoms with Crippen LogP contribution in [0, 0.1) is 5.92 Å². The first-order valence-corrected chi connectivity index (χ1v) is 6.72. The zero-order chi connectivity index (χ0) is 12.3. The van der Waals surface area contributed by atoms with Crippen molar-refractivity contribution in [3.8, 4) is 0 Å². The fourth-order valence-electron chi connectivity index (χ4n) is 2.40. The summed E-state index contributed by atoms with van der Waals surface area (Å²) in [6.45, 7) is 0. The van der Waals surface area contributed by atoms with E-state index in [1.807, 2.05) is 0 Å². The molecule has 1 fully saturated rings. The number of aromatic nitrogens is 1. The second-order valence-corrected chi connectivity index (χ2v) is 5.48. The fourth-order valence-corrected chi connectivity index (χ4v) is 3.24. The van der Waals surface area contributed by atoms with Crippen molar-refractivity contribution in [3.63, 3.8) is 0 Å². The SMILES string of the molecule is NC(=O)C1(N)CCCC1CCSc1ncco1. The van der Waals surface area contributed by atoms with E-state index in [0.717, 1.165) is 25.0 Å². The summed E-state index contributed by atoms with van der Waals surface area (Å²) >= 11 is 1.54. The first-order valence-electron chi connectivity index (χ1n) is 5.74. The Labute approximate surface area is 104 Å². The molecule has 1 amide bonds. The highest BCUT2D eigenvalue weighted by Gasteiger charge is 2.43. The molecule has 0 aliphatic heterocycles. The topological polar surface area (TPSA) is 95.1 Å². The van der Waals surface area contributed by atoms with Crippen molar-refractivity contribution in [2.45, 2.75) is 36.4 Å². The van der Waals surface area contributed by atoms with Gasteiger partial charge in [-0.2, -0.15) is 0 Å². The Bertz CT molecular complexity index is 382. The standard InChI is InChI=1S/C11H17N3O2S/c12-9(15)11(13)4-1-2-8(11)3-7-17-10-14-5-6-16-10/h5-6,8H,1-4,7,13H2,(H2,12,15). The second-order valence-electron chi connectivity index (χ2n) is 4.43. The zero-order valence-electron chi connectivity index (χ0n) is 9.59. The van der Waals surface area contributed by atoms with Crippen LogP contribution in [0.4, 0.5) is 0 Å². The average Bonchev–Trinajstić information content (AvgIpc) is 2.90. The highest BCUT2D eigenvalue weighted by atomic mass is 32.2. The van der Waals surface area contributed by atoms with E-state index in [2.05, 4.69) is 4.98 Å². The maximum absolute atomic E-state index is 11.4.